The number of aryl methyl sites for hydroxylation is 2. The quantitative estimate of drug-likeness (QED) is 0.165. The average molecular weight is 1730 g/mol. The Kier molecular flexibility index (Phi) is 27.0. The van der Waals surface area contributed by atoms with Crippen molar-refractivity contribution >= 4 is 98.3 Å². The van der Waals surface area contributed by atoms with Crippen molar-refractivity contribution in [2.45, 2.75) is 187 Å². The van der Waals surface area contributed by atoms with E-state index in [9.17, 15) is 0 Å². The second kappa shape index (κ2) is 37.3. The van der Waals surface area contributed by atoms with Gasteiger partial charge in [-0.15, -0.1) is 58.8 Å². The van der Waals surface area contributed by atoms with Gasteiger partial charge in [0.2, 0.25) is 0 Å². The number of likely N-dealkylation sites (tertiary alicyclic amines) is 5. The van der Waals surface area contributed by atoms with Gasteiger partial charge in [0.15, 0.2) is 0 Å². The summed E-state index contributed by atoms with van der Waals surface area (Å²) >= 11 is 16.2. The Hall–Kier alpha value is -7.26. The molecular weight excluding hydrogens is 1600 g/mol. The fourth-order valence-electron chi connectivity index (χ4n) is 20.4. The summed E-state index contributed by atoms with van der Waals surface area (Å²) in [7, 11) is 11.2. The molecular formula is C111H126ClN5S5. The summed E-state index contributed by atoms with van der Waals surface area (Å²) in [6.07, 6.45) is 11.9. The van der Waals surface area contributed by atoms with Crippen LogP contribution in [-0.2, 0) is 29.2 Å². The van der Waals surface area contributed by atoms with E-state index < -0.39 is 0 Å². The zero-order valence-corrected chi connectivity index (χ0v) is 79.8. The minimum atomic E-state index is -0.0283. The Morgan fingerprint density at radius 1 is 0.254 bits per heavy atom. The molecule has 10 heterocycles. The summed E-state index contributed by atoms with van der Waals surface area (Å²) < 4.78 is 0.0757. The first-order chi connectivity index (χ1) is 58.7. The Balaban J connectivity index is 0.000000113. The zero-order chi connectivity index (χ0) is 85.3. The molecule has 10 aliphatic heterocycles. The predicted molar refractivity (Wildman–Crippen MR) is 532 cm³/mol. The van der Waals surface area contributed by atoms with E-state index in [1.54, 1.807) is 55.7 Å². The molecule has 122 heavy (non-hydrogen) atoms. The largest absolute Gasteiger partial charge is 0.306 e. The van der Waals surface area contributed by atoms with Crippen LogP contribution in [0.15, 0.2) is 301 Å². The van der Waals surface area contributed by atoms with Crippen molar-refractivity contribution in [2.24, 2.45) is 0 Å². The van der Waals surface area contributed by atoms with Gasteiger partial charge in [-0.2, -0.15) is 0 Å². The minimum absolute atomic E-state index is 0.00530. The molecule has 0 saturated carbocycles. The summed E-state index contributed by atoms with van der Waals surface area (Å²) in [6, 6.07) is 91.6. The minimum Gasteiger partial charge on any atom is -0.306 e. The van der Waals surface area contributed by atoms with Crippen molar-refractivity contribution in [1.82, 2.24) is 24.5 Å². The van der Waals surface area contributed by atoms with Crippen molar-refractivity contribution in [1.29, 1.82) is 0 Å². The summed E-state index contributed by atoms with van der Waals surface area (Å²) in [4.78, 5) is 19.4. The van der Waals surface area contributed by atoms with Crippen LogP contribution in [0.2, 0.25) is 5.02 Å². The number of fused-ring (bicyclic) bond motifs is 5. The van der Waals surface area contributed by atoms with Crippen LogP contribution in [0, 0.1) is 13.8 Å². The van der Waals surface area contributed by atoms with Crippen LogP contribution in [0.1, 0.15) is 192 Å². The lowest BCUT2D eigenvalue weighted by Gasteiger charge is -2.32. The van der Waals surface area contributed by atoms with Gasteiger partial charge in [0.05, 0.1) is 23.7 Å². The van der Waals surface area contributed by atoms with Crippen molar-refractivity contribution in [2.75, 3.05) is 101 Å². The van der Waals surface area contributed by atoms with Crippen molar-refractivity contribution in [3.63, 3.8) is 0 Å². The number of thioether (sulfide) groups is 5. The highest BCUT2D eigenvalue weighted by atomic mass is 35.5. The summed E-state index contributed by atoms with van der Waals surface area (Å²) in [6.45, 7) is 35.1. The maximum Gasteiger partial charge on any atom is 0.0681 e. The van der Waals surface area contributed by atoms with Gasteiger partial charge in [-0.3, -0.25) is 0 Å². The molecule has 0 bridgehead atoms. The van der Waals surface area contributed by atoms with E-state index >= 15 is 0 Å². The van der Waals surface area contributed by atoms with Crippen molar-refractivity contribution < 1.29 is 0 Å². The van der Waals surface area contributed by atoms with E-state index in [-0.39, 0.29) is 29.2 Å². The normalized spacial score (nSPS) is 24.2. The second-order valence-electron chi connectivity index (χ2n) is 37.5. The van der Waals surface area contributed by atoms with Gasteiger partial charge in [-0.05, 0) is 296 Å². The Labute approximate surface area is 758 Å². The van der Waals surface area contributed by atoms with Crippen molar-refractivity contribution in [3.05, 3.63) is 354 Å². The van der Waals surface area contributed by atoms with Gasteiger partial charge < -0.3 is 24.5 Å². The van der Waals surface area contributed by atoms with E-state index in [1.807, 2.05) is 70.9 Å². The lowest BCUT2D eigenvalue weighted by Crippen LogP contribution is -2.28. The molecule has 0 spiro atoms. The molecule has 632 valence electrons. The third-order valence-electron chi connectivity index (χ3n) is 27.6. The third-order valence-corrected chi connectivity index (χ3v) is 35.0. The van der Waals surface area contributed by atoms with Crippen LogP contribution < -0.4 is 0 Å². The van der Waals surface area contributed by atoms with Crippen LogP contribution in [0.5, 0.6) is 0 Å². The first kappa shape index (κ1) is 88.2. The lowest BCUT2D eigenvalue weighted by atomic mass is 9.79. The Morgan fingerprint density at radius 2 is 0.500 bits per heavy atom. The van der Waals surface area contributed by atoms with Gasteiger partial charge in [-0.1, -0.05) is 266 Å². The molecule has 10 aliphatic rings. The SMILES string of the molecule is CN1CCC(=C2c3cc(C(C)(C)C)ccc3SC2(C)c2ccccc2)CC1.CN1CCC(=C2c3ccccc3SC2(C)c2ccc(Cl)cc2)CC1.CN1CCC(=C2c3ccccc3SC2(C)c2ccccc2)CC1.Cc1ccc2c(c1)C(=C1CCN(C)CC1)C(C)(c1ccccc1)S2.Cc1ccc2c(c1)SC(C)(c1ccccc1)C2=C1CCN(C)CC1. The molecule has 10 aromatic carbocycles. The monoisotopic (exact) mass is 1720 g/mol. The standard InChI is InChI=1S/C25H31NS.2C22H25NS.C21H22ClNS.C21H23NS/c1-24(2,3)20-11-12-22-21(17-20)23(18-13-15-26(5)16-14-18)25(4,27-22)19-9-7-6-8-10-19;1-16-9-10-20-19(15-16)21(17-11-13-23(3)14-12-17)22(2,24-20)18-7-5-4-6-8-18;1-16-9-10-19-20(15-16)24-22(2,18-7-5-4-6-8-18)21(19)17-11-13-23(3)14-12-17;1-21(16-7-9-17(22)10-8-16)20(15-11-13-23(2)14-12-15)18-5-3-4-6-19(18)24-21;1-21(17-8-4-3-5-9-17)20(16-12-14-22(2)15-13-16)18-10-6-7-11-19(18)23-21/h6-12,17H,13-16H2,1-5H3;2*4-10,15H,11-14H2,1-3H3;3-10H,11-14H2,1-2H3;3-11H,12-15H2,1-2H3. The van der Waals surface area contributed by atoms with Crippen LogP contribution in [-0.4, -0.2) is 125 Å². The highest BCUT2D eigenvalue weighted by Crippen LogP contribution is 2.66. The smallest absolute Gasteiger partial charge is 0.0681 e. The number of nitrogens with zero attached hydrogens (tertiary/aromatic N) is 5. The molecule has 5 nitrogen and oxygen atoms in total. The van der Waals surface area contributed by atoms with E-state index in [2.05, 4.69) is 366 Å². The predicted octanol–water partition coefficient (Wildman–Crippen LogP) is 28.5. The summed E-state index contributed by atoms with van der Waals surface area (Å²) in [5.74, 6) is 0. The van der Waals surface area contributed by atoms with Gasteiger partial charge >= 0.3 is 0 Å². The van der Waals surface area contributed by atoms with E-state index in [0.29, 0.717) is 0 Å². The maximum absolute atomic E-state index is 6.13. The number of benzene rings is 10. The molecule has 5 fully saturated rings. The van der Waals surface area contributed by atoms with Crippen LogP contribution in [0.3, 0.4) is 0 Å². The molecule has 5 unspecified atom stereocenters. The van der Waals surface area contributed by atoms with Gasteiger partial charge in [0, 0.05) is 94.9 Å². The number of rotatable bonds is 5. The second-order valence-corrected chi connectivity index (χ2v) is 45.2. The van der Waals surface area contributed by atoms with Crippen LogP contribution in [0.25, 0.3) is 27.9 Å². The molecule has 0 aliphatic carbocycles. The fraction of sp³-hybridized carbons (Fsp3) is 0.369. The molecule has 20 rings (SSSR count). The molecule has 0 radical (unpaired) electrons. The Morgan fingerprint density at radius 3 is 0.828 bits per heavy atom. The van der Waals surface area contributed by atoms with Crippen LogP contribution >= 0.6 is 70.4 Å². The van der Waals surface area contributed by atoms with E-state index in [4.69, 9.17) is 11.6 Å². The first-order valence-electron chi connectivity index (χ1n) is 44.7. The highest BCUT2D eigenvalue weighted by molar-refractivity contribution is 8.02. The number of piperidine rings is 5. The highest BCUT2D eigenvalue weighted by Gasteiger charge is 2.48. The Bertz CT molecular complexity index is 5520. The van der Waals surface area contributed by atoms with E-state index in [1.165, 1.54) is 213 Å². The molecule has 10 aromatic rings. The molecule has 5 atom stereocenters. The molecule has 11 heteroatoms. The van der Waals surface area contributed by atoms with Crippen molar-refractivity contribution in [3.8, 4) is 0 Å². The van der Waals surface area contributed by atoms with Gasteiger partial charge in [0.25, 0.3) is 0 Å². The fourth-order valence-corrected chi connectivity index (χ4v) is 28.0. The number of halogens is 1. The van der Waals surface area contributed by atoms with Gasteiger partial charge in [-0.25, -0.2) is 0 Å². The average Bonchev–Trinajstić information content (AvgIpc) is 1.61. The molecule has 0 N–H and O–H groups in total. The number of hydrogen-bond donors (Lipinski definition) is 0. The molecule has 0 aromatic heterocycles. The van der Waals surface area contributed by atoms with E-state index in [0.717, 1.165) is 18.1 Å². The lowest BCUT2D eigenvalue weighted by molar-refractivity contribution is 0.312. The third kappa shape index (κ3) is 18.4. The zero-order valence-electron chi connectivity index (χ0n) is 75.0. The van der Waals surface area contributed by atoms with Gasteiger partial charge in [0.1, 0.15) is 0 Å². The molecule has 5 saturated heterocycles. The topological polar surface area (TPSA) is 16.2 Å². The number of hydrogen-bond acceptors (Lipinski definition) is 10. The summed E-state index contributed by atoms with van der Waals surface area (Å²) in [5.41, 5.74) is 34.8. The summed E-state index contributed by atoms with van der Waals surface area (Å²) in [5, 5.41) is 0.802. The van der Waals surface area contributed by atoms with Crippen LogP contribution in [0.4, 0.5) is 0 Å². The maximum atomic E-state index is 6.13. The molecule has 0 amide bonds. The first-order valence-corrected chi connectivity index (χ1v) is 49.2.